The third-order valence-corrected chi connectivity index (χ3v) is 1.76. The maximum atomic E-state index is 3.42. The Labute approximate surface area is 65.8 Å². The van der Waals surface area contributed by atoms with Gasteiger partial charge in [0.2, 0.25) is 0 Å². The summed E-state index contributed by atoms with van der Waals surface area (Å²) >= 11 is 3.42. The molecule has 0 N–H and O–H groups in total. The van der Waals surface area contributed by atoms with Crippen molar-refractivity contribution in [3.05, 3.63) is 22.2 Å². The Kier molecular flexibility index (Phi) is 4.78. The van der Waals surface area contributed by atoms with Crippen molar-refractivity contribution in [1.82, 2.24) is 0 Å². The van der Waals surface area contributed by atoms with Crippen molar-refractivity contribution < 1.29 is 0 Å². The van der Waals surface area contributed by atoms with Crippen LogP contribution >= 0.6 is 15.9 Å². The molecule has 0 nitrogen and oxygen atoms in total. The van der Waals surface area contributed by atoms with E-state index in [-0.39, 0.29) is 0 Å². The van der Waals surface area contributed by atoms with E-state index in [2.05, 4.69) is 48.9 Å². The van der Waals surface area contributed by atoms with E-state index in [4.69, 9.17) is 0 Å². The lowest BCUT2D eigenvalue weighted by Gasteiger charge is -1.87. The lowest BCUT2D eigenvalue weighted by Crippen LogP contribution is -1.64. The van der Waals surface area contributed by atoms with Gasteiger partial charge in [-0.05, 0) is 24.8 Å². The molecular weight excluding hydrogens is 176 g/mol. The lowest BCUT2D eigenvalue weighted by molar-refractivity contribution is 1.20. The molecule has 1 heteroatoms. The zero-order valence-corrected chi connectivity index (χ0v) is 7.83. The standard InChI is InChI=1S/C8H13Br/c1-4-8(9)6-5-7(2)3/h5-6H,4H2,1-3H3. The SMILES string of the molecule is CCC(Br)=CC=C(C)C. The Morgan fingerprint density at radius 2 is 1.89 bits per heavy atom. The maximum Gasteiger partial charge on any atom is -0.00521 e. The van der Waals surface area contributed by atoms with E-state index in [9.17, 15) is 0 Å². The molecule has 0 amide bonds. The average Bonchev–Trinajstić information content (AvgIpc) is 1.83. The van der Waals surface area contributed by atoms with Crippen molar-refractivity contribution >= 4 is 15.9 Å². The quantitative estimate of drug-likeness (QED) is 0.581. The van der Waals surface area contributed by atoms with Crippen molar-refractivity contribution in [2.45, 2.75) is 27.2 Å². The summed E-state index contributed by atoms with van der Waals surface area (Å²) in [5.74, 6) is 0. The van der Waals surface area contributed by atoms with E-state index < -0.39 is 0 Å². The molecular formula is C8H13Br. The van der Waals surface area contributed by atoms with E-state index in [1.807, 2.05) is 0 Å². The Hall–Kier alpha value is -0.0400. The van der Waals surface area contributed by atoms with E-state index in [1.165, 1.54) is 10.1 Å². The van der Waals surface area contributed by atoms with Gasteiger partial charge in [-0.1, -0.05) is 40.6 Å². The van der Waals surface area contributed by atoms with Crippen LogP contribution in [0.3, 0.4) is 0 Å². The minimum absolute atomic E-state index is 1.07. The van der Waals surface area contributed by atoms with Gasteiger partial charge < -0.3 is 0 Å². The Bertz CT molecular complexity index is 128. The first-order valence-electron chi connectivity index (χ1n) is 3.16. The zero-order chi connectivity index (χ0) is 7.28. The second-order valence-electron chi connectivity index (χ2n) is 2.21. The second-order valence-corrected chi connectivity index (χ2v) is 3.23. The molecule has 0 saturated heterocycles. The predicted octanol–water partition coefficient (Wildman–Crippen LogP) is 3.64. The van der Waals surface area contributed by atoms with Crippen LogP contribution in [0.15, 0.2) is 22.2 Å². The van der Waals surface area contributed by atoms with Crippen LogP contribution in [-0.4, -0.2) is 0 Å². The fraction of sp³-hybridized carbons (Fsp3) is 0.500. The predicted molar refractivity (Wildman–Crippen MR) is 46.7 cm³/mol. The fourth-order valence-corrected chi connectivity index (χ4v) is 0.507. The third-order valence-electron chi connectivity index (χ3n) is 0.935. The molecule has 52 valence electrons. The molecule has 0 fully saturated rings. The summed E-state index contributed by atoms with van der Waals surface area (Å²) < 4.78 is 1.25. The van der Waals surface area contributed by atoms with Gasteiger partial charge in [-0.25, -0.2) is 0 Å². The number of hydrogen-bond acceptors (Lipinski definition) is 0. The molecule has 0 unspecified atom stereocenters. The number of rotatable bonds is 2. The van der Waals surface area contributed by atoms with Crippen LogP contribution in [-0.2, 0) is 0 Å². The molecule has 0 atom stereocenters. The number of halogens is 1. The molecule has 0 aromatic rings. The maximum absolute atomic E-state index is 3.42. The number of hydrogen-bond donors (Lipinski definition) is 0. The molecule has 0 aromatic carbocycles. The summed E-state index contributed by atoms with van der Waals surface area (Å²) in [5, 5.41) is 0. The minimum Gasteiger partial charge on any atom is -0.0764 e. The topological polar surface area (TPSA) is 0 Å². The summed E-state index contributed by atoms with van der Waals surface area (Å²) in [7, 11) is 0. The van der Waals surface area contributed by atoms with E-state index >= 15 is 0 Å². The minimum atomic E-state index is 1.07. The number of allylic oxidation sites excluding steroid dienone is 4. The van der Waals surface area contributed by atoms with E-state index in [0.717, 1.165) is 6.42 Å². The Morgan fingerprint density at radius 3 is 2.22 bits per heavy atom. The van der Waals surface area contributed by atoms with Gasteiger partial charge in [-0.2, -0.15) is 0 Å². The molecule has 0 aromatic heterocycles. The molecule has 0 spiro atoms. The van der Waals surface area contributed by atoms with E-state index in [0.29, 0.717) is 0 Å². The molecule has 0 aliphatic heterocycles. The first-order chi connectivity index (χ1) is 4.16. The van der Waals surface area contributed by atoms with Gasteiger partial charge in [0.15, 0.2) is 0 Å². The largest absolute Gasteiger partial charge is 0.0764 e. The third kappa shape index (κ3) is 5.84. The highest BCUT2D eigenvalue weighted by molar-refractivity contribution is 9.11. The van der Waals surface area contributed by atoms with Crippen molar-refractivity contribution in [1.29, 1.82) is 0 Å². The van der Waals surface area contributed by atoms with Gasteiger partial charge in [0.25, 0.3) is 0 Å². The summed E-state index contributed by atoms with van der Waals surface area (Å²) in [6.45, 7) is 6.30. The first kappa shape index (κ1) is 8.96. The van der Waals surface area contributed by atoms with Gasteiger partial charge in [0.05, 0.1) is 0 Å². The van der Waals surface area contributed by atoms with Crippen LogP contribution in [0.1, 0.15) is 27.2 Å². The van der Waals surface area contributed by atoms with E-state index in [1.54, 1.807) is 0 Å². The van der Waals surface area contributed by atoms with Crippen LogP contribution < -0.4 is 0 Å². The van der Waals surface area contributed by atoms with Crippen molar-refractivity contribution in [3.8, 4) is 0 Å². The molecule has 0 aliphatic carbocycles. The molecule has 9 heavy (non-hydrogen) atoms. The Balaban J connectivity index is 3.83. The van der Waals surface area contributed by atoms with Gasteiger partial charge in [-0.3, -0.25) is 0 Å². The first-order valence-corrected chi connectivity index (χ1v) is 3.95. The smallest absolute Gasteiger partial charge is 0.00521 e. The van der Waals surface area contributed by atoms with Crippen molar-refractivity contribution in [2.75, 3.05) is 0 Å². The van der Waals surface area contributed by atoms with Crippen LogP contribution in [0.4, 0.5) is 0 Å². The highest BCUT2D eigenvalue weighted by atomic mass is 79.9. The lowest BCUT2D eigenvalue weighted by atomic mass is 10.3. The second kappa shape index (κ2) is 4.80. The van der Waals surface area contributed by atoms with Crippen molar-refractivity contribution in [3.63, 3.8) is 0 Å². The van der Waals surface area contributed by atoms with Crippen LogP contribution in [0.25, 0.3) is 0 Å². The highest BCUT2D eigenvalue weighted by Gasteiger charge is 1.80. The molecule has 0 bridgehead atoms. The molecule has 0 saturated carbocycles. The van der Waals surface area contributed by atoms with Crippen LogP contribution in [0.2, 0.25) is 0 Å². The Morgan fingerprint density at radius 1 is 1.33 bits per heavy atom. The average molecular weight is 189 g/mol. The highest BCUT2D eigenvalue weighted by Crippen LogP contribution is 2.09. The zero-order valence-electron chi connectivity index (χ0n) is 6.24. The van der Waals surface area contributed by atoms with Crippen LogP contribution in [0.5, 0.6) is 0 Å². The summed E-state index contributed by atoms with van der Waals surface area (Å²) in [6, 6.07) is 0. The van der Waals surface area contributed by atoms with Gasteiger partial charge in [0, 0.05) is 0 Å². The van der Waals surface area contributed by atoms with Crippen LogP contribution in [0, 0.1) is 0 Å². The molecule has 0 heterocycles. The monoisotopic (exact) mass is 188 g/mol. The molecule has 0 rings (SSSR count). The fourth-order valence-electron chi connectivity index (χ4n) is 0.375. The summed E-state index contributed by atoms with van der Waals surface area (Å²) in [5.41, 5.74) is 1.33. The summed E-state index contributed by atoms with van der Waals surface area (Å²) in [6.07, 6.45) is 5.27. The van der Waals surface area contributed by atoms with Gasteiger partial charge in [0.1, 0.15) is 0 Å². The summed E-state index contributed by atoms with van der Waals surface area (Å²) in [4.78, 5) is 0. The van der Waals surface area contributed by atoms with Gasteiger partial charge in [-0.15, -0.1) is 0 Å². The van der Waals surface area contributed by atoms with Gasteiger partial charge >= 0.3 is 0 Å². The normalized spacial score (nSPS) is 11.3. The van der Waals surface area contributed by atoms with Crippen molar-refractivity contribution in [2.24, 2.45) is 0 Å². The molecule has 0 aliphatic rings. The molecule has 0 radical (unpaired) electrons.